The van der Waals surface area contributed by atoms with E-state index in [9.17, 15) is 0 Å². The van der Waals surface area contributed by atoms with Gasteiger partial charge in [-0.2, -0.15) is 0 Å². The number of aryl methyl sites for hydroxylation is 1. The van der Waals surface area contributed by atoms with E-state index in [1.807, 2.05) is 13.8 Å². The molecule has 0 radical (unpaired) electrons. The molecule has 1 heterocycles. The van der Waals surface area contributed by atoms with Crippen molar-refractivity contribution in [1.29, 1.82) is 0 Å². The lowest BCUT2D eigenvalue weighted by Crippen LogP contribution is -2.10. The van der Waals surface area contributed by atoms with Crippen LogP contribution in [0, 0.1) is 6.92 Å². The molecule has 1 N–H and O–H groups in total. The van der Waals surface area contributed by atoms with Gasteiger partial charge in [-0.25, -0.2) is 4.98 Å². The molecule has 2 aromatic rings. The fourth-order valence-electron chi connectivity index (χ4n) is 2.15. The van der Waals surface area contributed by atoms with Crippen LogP contribution in [-0.2, 0) is 4.74 Å². The zero-order chi connectivity index (χ0) is 15.1. The number of para-hydroxylation sites is 1. The molecule has 0 fully saturated rings. The Hall–Kier alpha value is -1.46. The van der Waals surface area contributed by atoms with Crippen LogP contribution in [0.2, 0.25) is 0 Å². The first-order chi connectivity index (χ1) is 10.3. The van der Waals surface area contributed by atoms with Crippen molar-refractivity contribution < 1.29 is 4.74 Å². The van der Waals surface area contributed by atoms with Gasteiger partial charge in [0.1, 0.15) is 0 Å². The molecule has 0 aliphatic heterocycles. The molecule has 0 aliphatic rings. The van der Waals surface area contributed by atoms with Crippen LogP contribution >= 0.6 is 11.8 Å². The second-order valence-electron chi connectivity index (χ2n) is 4.72. The highest BCUT2D eigenvalue weighted by Gasteiger charge is 2.10. The van der Waals surface area contributed by atoms with Crippen molar-refractivity contribution in [3.05, 3.63) is 36.2 Å². The van der Waals surface area contributed by atoms with E-state index in [4.69, 9.17) is 4.74 Å². The molecule has 1 aromatic carbocycles. The molecule has 0 aliphatic carbocycles. The lowest BCUT2D eigenvalue weighted by molar-refractivity contribution is 0.147. The molecular formula is C16H23N3OS. The molecule has 0 spiro atoms. The highest BCUT2D eigenvalue weighted by Crippen LogP contribution is 2.26. The average molecular weight is 305 g/mol. The standard InChI is InChI=1S/C16H23N3OS/c1-4-20-11-7-10-17-16-18-13(2)12-19(16)14-8-5-6-9-15(14)21-3/h5-6,8-9,12H,4,7,10-11H2,1-3H3,(H,17,18). The van der Waals surface area contributed by atoms with E-state index in [-0.39, 0.29) is 0 Å². The van der Waals surface area contributed by atoms with Crippen molar-refractivity contribution in [3.63, 3.8) is 0 Å². The molecule has 0 amide bonds. The Bertz CT molecular complexity index is 568. The second-order valence-corrected chi connectivity index (χ2v) is 5.57. The molecule has 0 atom stereocenters. The molecule has 1 aromatic heterocycles. The fraction of sp³-hybridized carbons (Fsp3) is 0.438. The van der Waals surface area contributed by atoms with E-state index in [0.29, 0.717) is 0 Å². The minimum absolute atomic E-state index is 0.773. The van der Waals surface area contributed by atoms with Crippen LogP contribution in [0.25, 0.3) is 5.69 Å². The predicted molar refractivity (Wildman–Crippen MR) is 89.7 cm³/mol. The van der Waals surface area contributed by atoms with Crippen molar-refractivity contribution in [2.24, 2.45) is 0 Å². The van der Waals surface area contributed by atoms with E-state index < -0.39 is 0 Å². The molecular weight excluding hydrogens is 282 g/mol. The topological polar surface area (TPSA) is 39.1 Å². The summed E-state index contributed by atoms with van der Waals surface area (Å²) in [5.41, 5.74) is 2.18. The molecule has 0 saturated heterocycles. The van der Waals surface area contributed by atoms with Gasteiger partial charge in [0.2, 0.25) is 5.95 Å². The number of nitrogens with zero attached hydrogens (tertiary/aromatic N) is 2. The zero-order valence-corrected chi connectivity index (χ0v) is 13.7. The van der Waals surface area contributed by atoms with Crippen LogP contribution in [-0.4, -0.2) is 35.6 Å². The van der Waals surface area contributed by atoms with E-state index in [1.54, 1.807) is 11.8 Å². The largest absolute Gasteiger partial charge is 0.382 e. The minimum atomic E-state index is 0.773. The Kier molecular flexibility index (Phi) is 6.14. The highest BCUT2D eigenvalue weighted by molar-refractivity contribution is 7.98. The van der Waals surface area contributed by atoms with Gasteiger partial charge in [-0.05, 0) is 38.7 Å². The summed E-state index contributed by atoms with van der Waals surface area (Å²) in [7, 11) is 0. The summed E-state index contributed by atoms with van der Waals surface area (Å²) in [4.78, 5) is 5.82. The van der Waals surface area contributed by atoms with Crippen LogP contribution in [0.4, 0.5) is 5.95 Å². The van der Waals surface area contributed by atoms with Gasteiger partial charge >= 0.3 is 0 Å². The monoisotopic (exact) mass is 305 g/mol. The Morgan fingerprint density at radius 1 is 1.33 bits per heavy atom. The molecule has 0 saturated carbocycles. The minimum Gasteiger partial charge on any atom is -0.382 e. The number of ether oxygens (including phenoxy) is 1. The summed E-state index contributed by atoms with van der Waals surface area (Å²) < 4.78 is 7.48. The Morgan fingerprint density at radius 3 is 2.90 bits per heavy atom. The smallest absolute Gasteiger partial charge is 0.207 e. The molecule has 0 bridgehead atoms. The number of anilines is 1. The number of thioether (sulfide) groups is 1. The Morgan fingerprint density at radius 2 is 2.14 bits per heavy atom. The first-order valence-electron chi connectivity index (χ1n) is 7.27. The van der Waals surface area contributed by atoms with Crippen LogP contribution < -0.4 is 5.32 Å². The van der Waals surface area contributed by atoms with Gasteiger partial charge in [-0.3, -0.25) is 4.57 Å². The number of benzene rings is 1. The summed E-state index contributed by atoms with van der Waals surface area (Å²) in [5, 5.41) is 3.41. The summed E-state index contributed by atoms with van der Waals surface area (Å²) in [6.45, 7) is 6.45. The van der Waals surface area contributed by atoms with Gasteiger partial charge in [-0.1, -0.05) is 12.1 Å². The van der Waals surface area contributed by atoms with Gasteiger partial charge in [-0.15, -0.1) is 11.8 Å². The molecule has 21 heavy (non-hydrogen) atoms. The Balaban J connectivity index is 2.13. The van der Waals surface area contributed by atoms with Gasteiger partial charge in [0, 0.05) is 30.9 Å². The van der Waals surface area contributed by atoms with Crippen molar-refractivity contribution in [2.75, 3.05) is 31.3 Å². The number of rotatable bonds is 8. The normalized spacial score (nSPS) is 10.8. The van der Waals surface area contributed by atoms with Crippen LogP contribution in [0.5, 0.6) is 0 Å². The van der Waals surface area contributed by atoms with Crippen molar-refractivity contribution >= 4 is 17.7 Å². The van der Waals surface area contributed by atoms with E-state index in [1.165, 1.54) is 4.90 Å². The number of imidazole rings is 1. The number of aromatic nitrogens is 2. The van der Waals surface area contributed by atoms with Crippen LogP contribution in [0.1, 0.15) is 19.0 Å². The molecule has 5 heteroatoms. The highest BCUT2D eigenvalue weighted by atomic mass is 32.2. The summed E-state index contributed by atoms with van der Waals surface area (Å²) in [5.74, 6) is 0.894. The molecule has 4 nitrogen and oxygen atoms in total. The summed E-state index contributed by atoms with van der Waals surface area (Å²) in [6.07, 6.45) is 5.14. The third kappa shape index (κ3) is 4.25. The van der Waals surface area contributed by atoms with E-state index >= 15 is 0 Å². The zero-order valence-electron chi connectivity index (χ0n) is 12.9. The van der Waals surface area contributed by atoms with Crippen LogP contribution in [0.3, 0.4) is 0 Å². The number of nitrogens with one attached hydrogen (secondary N) is 1. The van der Waals surface area contributed by atoms with Crippen molar-refractivity contribution in [1.82, 2.24) is 9.55 Å². The van der Waals surface area contributed by atoms with Gasteiger partial charge in [0.25, 0.3) is 0 Å². The Labute approximate surface area is 130 Å². The lowest BCUT2D eigenvalue weighted by Gasteiger charge is -2.12. The summed E-state index contributed by atoms with van der Waals surface area (Å²) in [6, 6.07) is 8.38. The molecule has 114 valence electrons. The maximum absolute atomic E-state index is 5.36. The van der Waals surface area contributed by atoms with Crippen molar-refractivity contribution in [2.45, 2.75) is 25.2 Å². The lowest BCUT2D eigenvalue weighted by atomic mass is 10.3. The maximum atomic E-state index is 5.36. The first kappa shape index (κ1) is 15.9. The number of hydrogen-bond donors (Lipinski definition) is 1. The van der Waals surface area contributed by atoms with Gasteiger partial charge < -0.3 is 10.1 Å². The SMILES string of the molecule is CCOCCCNc1nc(C)cn1-c1ccccc1SC. The fourth-order valence-corrected chi connectivity index (χ4v) is 2.74. The number of hydrogen-bond acceptors (Lipinski definition) is 4. The predicted octanol–water partition coefficient (Wildman–Crippen LogP) is 3.74. The van der Waals surface area contributed by atoms with Gasteiger partial charge in [0.15, 0.2) is 0 Å². The second kappa shape index (κ2) is 8.10. The average Bonchev–Trinajstić information content (AvgIpc) is 2.87. The van der Waals surface area contributed by atoms with E-state index in [0.717, 1.165) is 43.5 Å². The third-order valence-corrected chi connectivity index (χ3v) is 3.91. The third-order valence-electron chi connectivity index (χ3n) is 3.12. The summed E-state index contributed by atoms with van der Waals surface area (Å²) >= 11 is 1.75. The maximum Gasteiger partial charge on any atom is 0.207 e. The van der Waals surface area contributed by atoms with Gasteiger partial charge in [0.05, 0.1) is 11.4 Å². The quantitative estimate of drug-likeness (QED) is 0.595. The van der Waals surface area contributed by atoms with Crippen LogP contribution in [0.15, 0.2) is 35.4 Å². The van der Waals surface area contributed by atoms with E-state index in [2.05, 4.69) is 51.6 Å². The van der Waals surface area contributed by atoms with Crippen molar-refractivity contribution in [3.8, 4) is 5.69 Å². The first-order valence-corrected chi connectivity index (χ1v) is 8.49. The molecule has 0 unspecified atom stereocenters. The molecule has 2 rings (SSSR count).